The second kappa shape index (κ2) is 7.23. The van der Waals surface area contributed by atoms with Gasteiger partial charge in [-0.1, -0.05) is 0 Å². The van der Waals surface area contributed by atoms with E-state index in [9.17, 15) is 14.0 Å². The first-order chi connectivity index (χ1) is 12.0. The SMILES string of the molecule is C[C@@H](Oc1ccc(F)cc1)C(=O)Nc1sc2c(c1C(N)=O)CCCC2. The molecule has 0 fully saturated rings. The fourth-order valence-corrected chi connectivity index (χ4v) is 4.20. The van der Waals surface area contributed by atoms with Crippen LogP contribution in [0.25, 0.3) is 0 Å². The van der Waals surface area contributed by atoms with Gasteiger partial charge in [-0.25, -0.2) is 4.39 Å². The number of hydrogen-bond acceptors (Lipinski definition) is 4. The molecule has 2 aromatic rings. The molecule has 1 aliphatic carbocycles. The second-order valence-corrected chi connectivity index (χ2v) is 7.09. The molecule has 1 aliphatic rings. The van der Waals surface area contributed by atoms with E-state index in [0.717, 1.165) is 36.1 Å². The van der Waals surface area contributed by atoms with Crippen LogP contribution in [0, 0.1) is 5.82 Å². The van der Waals surface area contributed by atoms with E-state index in [1.54, 1.807) is 6.92 Å². The van der Waals surface area contributed by atoms with Crippen LogP contribution in [0.3, 0.4) is 0 Å². The number of fused-ring (bicyclic) bond motifs is 1. The highest BCUT2D eigenvalue weighted by atomic mass is 32.1. The van der Waals surface area contributed by atoms with Gasteiger partial charge < -0.3 is 15.8 Å². The van der Waals surface area contributed by atoms with Gasteiger partial charge in [0.2, 0.25) is 0 Å². The van der Waals surface area contributed by atoms with Gasteiger partial charge in [0.15, 0.2) is 6.10 Å². The molecule has 25 heavy (non-hydrogen) atoms. The molecule has 0 saturated carbocycles. The fourth-order valence-electron chi connectivity index (χ4n) is 2.90. The molecule has 0 saturated heterocycles. The Bertz CT molecular complexity index is 801. The molecule has 132 valence electrons. The summed E-state index contributed by atoms with van der Waals surface area (Å²) in [4.78, 5) is 25.4. The van der Waals surface area contributed by atoms with Crippen molar-refractivity contribution >= 4 is 28.2 Å². The molecule has 3 N–H and O–H groups in total. The Morgan fingerprint density at radius 3 is 2.60 bits per heavy atom. The van der Waals surface area contributed by atoms with Crippen molar-refractivity contribution in [1.29, 1.82) is 0 Å². The van der Waals surface area contributed by atoms with Gasteiger partial charge in [0.05, 0.1) is 5.56 Å². The van der Waals surface area contributed by atoms with E-state index in [1.807, 2.05) is 0 Å². The molecule has 3 rings (SSSR count). The average molecular weight is 362 g/mol. The van der Waals surface area contributed by atoms with E-state index in [4.69, 9.17) is 10.5 Å². The molecule has 1 atom stereocenters. The van der Waals surface area contributed by atoms with Crippen molar-refractivity contribution in [2.75, 3.05) is 5.32 Å². The lowest BCUT2D eigenvalue weighted by Crippen LogP contribution is -2.30. The second-order valence-electron chi connectivity index (χ2n) is 5.98. The van der Waals surface area contributed by atoms with Crippen molar-refractivity contribution < 1.29 is 18.7 Å². The number of hydrogen-bond donors (Lipinski definition) is 2. The standard InChI is InChI=1S/C18H19FN2O3S/c1-10(24-12-8-6-11(19)7-9-12)17(23)21-18-15(16(20)22)13-4-2-3-5-14(13)25-18/h6-10H,2-5H2,1H3,(H2,20,22)(H,21,23)/t10-/m1/s1. The van der Waals surface area contributed by atoms with Crippen LogP contribution in [0.5, 0.6) is 5.75 Å². The van der Waals surface area contributed by atoms with Crippen LogP contribution >= 0.6 is 11.3 Å². The smallest absolute Gasteiger partial charge is 0.265 e. The van der Waals surface area contributed by atoms with E-state index in [1.165, 1.54) is 35.6 Å². The lowest BCUT2D eigenvalue weighted by Gasteiger charge is -2.14. The zero-order valence-corrected chi connectivity index (χ0v) is 14.6. The fraction of sp³-hybridized carbons (Fsp3) is 0.333. The van der Waals surface area contributed by atoms with Gasteiger partial charge in [-0.05, 0) is 62.4 Å². The first kappa shape index (κ1) is 17.4. The number of halogens is 1. The number of anilines is 1. The highest BCUT2D eigenvalue weighted by molar-refractivity contribution is 7.17. The number of amides is 2. The molecule has 1 aromatic carbocycles. The zero-order valence-electron chi connectivity index (χ0n) is 13.8. The number of ether oxygens (including phenoxy) is 1. The van der Waals surface area contributed by atoms with Crippen LogP contribution in [-0.2, 0) is 17.6 Å². The van der Waals surface area contributed by atoms with Gasteiger partial charge in [-0.3, -0.25) is 9.59 Å². The normalized spacial score (nSPS) is 14.5. The predicted molar refractivity (Wildman–Crippen MR) is 94.6 cm³/mol. The molecule has 2 amide bonds. The number of rotatable bonds is 5. The van der Waals surface area contributed by atoms with Crippen molar-refractivity contribution in [2.24, 2.45) is 5.73 Å². The third kappa shape index (κ3) is 3.82. The number of nitrogens with one attached hydrogen (secondary N) is 1. The Morgan fingerprint density at radius 2 is 1.92 bits per heavy atom. The van der Waals surface area contributed by atoms with Crippen LogP contribution in [0.1, 0.15) is 40.6 Å². The van der Waals surface area contributed by atoms with Crippen molar-refractivity contribution in [3.63, 3.8) is 0 Å². The van der Waals surface area contributed by atoms with Crippen LogP contribution in [0.15, 0.2) is 24.3 Å². The third-order valence-electron chi connectivity index (χ3n) is 4.15. The Kier molecular flexibility index (Phi) is 5.03. The minimum atomic E-state index is -0.801. The van der Waals surface area contributed by atoms with E-state index < -0.39 is 12.0 Å². The third-order valence-corrected chi connectivity index (χ3v) is 5.36. The molecule has 0 unspecified atom stereocenters. The van der Waals surface area contributed by atoms with Crippen LogP contribution in [0.2, 0.25) is 0 Å². The summed E-state index contributed by atoms with van der Waals surface area (Å²) in [7, 11) is 0. The molecular weight excluding hydrogens is 343 g/mol. The molecule has 0 bridgehead atoms. The number of aryl methyl sites for hydroxylation is 1. The molecule has 5 nitrogen and oxygen atoms in total. The summed E-state index contributed by atoms with van der Waals surface area (Å²) in [6.45, 7) is 1.59. The van der Waals surface area contributed by atoms with Crippen LogP contribution in [0.4, 0.5) is 9.39 Å². The van der Waals surface area contributed by atoms with E-state index in [-0.39, 0.29) is 11.7 Å². The van der Waals surface area contributed by atoms with Gasteiger partial charge >= 0.3 is 0 Å². The maximum atomic E-state index is 12.9. The highest BCUT2D eigenvalue weighted by Crippen LogP contribution is 2.38. The van der Waals surface area contributed by atoms with Crippen molar-refractivity contribution in [3.05, 3.63) is 46.1 Å². The number of carbonyl (C=O) groups excluding carboxylic acids is 2. The number of thiophene rings is 1. The predicted octanol–water partition coefficient (Wildman–Crippen LogP) is 3.27. The summed E-state index contributed by atoms with van der Waals surface area (Å²) >= 11 is 1.41. The molecule has 0 radical (unpaired) electrons. The average Bonchev–Trinajstić information content (AvgIpc) is 2.94. The van der Waals surface area contributed by atoms with Crippen LogP contribution in [-0.4, -0.2) is 17.9 Å². The molecular formula is C18H19FN2O3S. The largest absolute Gasteiger partial charge is 0.481 e. The van der Waals surface area contributed by atoms with Crippen LogP contribution < -0.4 is 15.8 Å². The van der Waals surface area contributed by atoms with Crippen molar-refractivity contribution in [2.45, 2.75) is 38.7 Å². The summed E-state index contributed by atoms with van der Waals surface area (Å²) in [6.07, 6.45) is 3.00. The first-order valence-electron chi connectivity index (χ1n) is 8.13. The first-order valence-corrected chi connectivity index (χ1v) is 8.94. The summed E-state index contributed by atoms with van der Waals surface area (Å²) in [5.74, 6) is -0.892. The molecule has 0 spiro atoms. The minimum Gasteiger partial charge on any atom is -0.481 e. The molecule has 1 heterocycles. The lowest BCUT2D eigenvalue weighted by molar-refractivity contribution is -0.122. The summed E-state index contributed by atoms with van der Waals surface area (Å²) < 4.78 is 18.4. The minimum absolute atomic E-state index is 0.375. The van der Waals surface area contributed by atoms with E-state index >= 15 is 0 Å². The quantitative estimate of drug-likeness (QED) is 0.856. The molecule has 1 aromatic heterocycles. The number of nitrogens with two attached hydrogens (primary N) is 1. The Morgan fingerprint density at radius 1 is 1.24 bits per heavy atom. The van der Waals surface area contributed by atoms with Gasteiger partial charge in [0, 0.05) is 4.88 Å². The summed E-state index contributed by atoms with van der Waals surface area (Å²) in [6, 6.07) is 5.44. The number of carbonyl (C=O) groups is 2. The van der Waals surface area contributed by atoms with Gasteiger partial charge in [0.25, 0.3) is 11.8 Å². The number of primary amides is 1. The van der Waals surface area contributed by atoms with E-state index in [2.05, 4.69) is 5.32 Å². The van der Waals surface area contributed by atoms with Gasteiger partial charge in [-0.2, -0.15) is 0 Å². The summed E-state index contributed by atoms with van der Waals surface area (Å²) in [5, 5.41) is 3.25. The monoisotopic (exact) mass is 362 g/mol. The maximum Gasteiger partial charge on any atom is 0.265 e. The van der Waals surface area contributed by atoms with Crippen molar-refractivity contribution in [3.8, 4) is 5.75 Å². The lowest BCUT2D eigenvalue weighted by atomic mass is 9.95. The Hall–Kier alpha value is -2.41. The maximum absolute atomic E-state index is 12.9. The zero-order chi connectivity index (χ0) is 18.0. The van der Waals surface area contributed by atoms with Crippen molar-refractivity contribution in [1.82, 2.24) is 0 Å². The highest BCUT2D eigenvalue weighted by Gasteiger charge is 2.26. The van der Waals surface area contributed by atoms with Gasteiger partial charge in [0.1, 0.15) is 16.6 Å². The van der Waals surface area contributed by atoms with E-state index in [0.29, 0.717) is 16.3 Å². The summed E-state index contributed by atoms with van der Waals surface area (Å²) in [5.41, 5.74) is 6.90. The Balaban J connectivity index is 1.75. The Labute approximate surface area is 149 Å². The van der Waals surface area contributed by atoms with Gasteiger partial charge in [-0.15, -0.1) is 11.3 Å². The topological polar surface area (TPSA) is 81.4 Å². The molecule has 7 heteroatoms. The molecule has 0 aliphatic heterocycles. The number of benzene rings is 1.